The first kappa shape index (κ1) is 24.9. The molecule has 1 aliphatic heterocycles. The molecule has 0 saturated heterocycles. The summed E-state index contributed by atoms with van der Waals surface area (Å²) in [5.41, 5.74) is 0.893. The molecule has 11 heteroatoms. The van der Waals surface area contributed by atoms with E-state index in [2.05, 4.69) is 10.3 Å². The van der Waals surface area contributed by atoms with E-state index in [1.54, 1.807) is 66.7 Å². The highest BCUT2D eigenvalue weighted by Gasteiger charge is 2.34. The van der Waals surface area contributed by atoms with Gasteiger partial charge < -0.3 is 14.4 Å². The number of hydrogen-bond acceptors (Lipinski definition) is 8. The standard InChI is InChI=1S/C27H19FN4O5S/c1-36-20-13-11-19(12-14-20)32-24(26(35)37-30-32)23(33)16-38-27-29-22(15-17-7-5-6-10-21(17)28)25(34)31(27)18-8-3-2-4-9-18/h2-15H,16H2,1H3/b22-15+. The van der Waals surface area contributed by atoms with E-state index >= 15 is 0 Å². The molecule has 2 heterocycles. The number of amidine groups is 1. The smallest absolute Gasteiger partial charge is 0.307 e. The lowest BCUT2D eigenvalue weighted by molar-refractivity contribution is -0.672. The number of methoxy groups -OCH3 is 1. The number of carbonyl (C=O) groups excluding carboxylic acids is 2. The first-order valence-corrected chi connectivity index (χ1v) is 12.3. The Labute approximate surface area is 220 Å². The number of halogens is 1. The first-order chi connectivity index (χ1) is 18.5. The number of ketones is 1. The maximum atomic E-state index is 14.2. The van der Waals surface area contributed by atoms with Crippen LogP contribution in [-0.2, 0) is 4.79 Å². The number of hydrogen-bond donors (Lipinski definition) is 0. The molecule has 1 amide bonds. The Hall–Kier alpha value is -4.77. The zero-order valence-corrected chi connectivity index (χ0v) is 20.7. The summed E-state index contributed by atoms with van der Waals surface area (Å²) in [4.78, 5) is 32.2. The number of anilines is 1. The van der Waals surface area contributed by atoms with Gasteiger partial charge in [-0.05, 0) is 41.1 Å². The van der Waals surface area contributed by atoms with Crippen molar-refractivity contribution in [1.82, 2.24) is 5.27 Å². The van der Waals surface area contributed by atoms with E-state index in [4.69, 9.17) is 9.26 Å². The number of Topliss-reactive ketones (excluding diaryl/α,β-unsaturated/α-hetero) is 1. The van der Waals surface area contributed by atoms with E-state index in [9.17, 15) is 19.1 Å². The lowest BCUT2D eigenvalue weighted by Crippen LogP contribution is -2.39. The van der Waals surface area contributed by atoms with Gasteiger partial charge >= 0.3 is 5.69 Å². The van der Waals surface area contributed by atoms with Crippen molar-refractivity contribution in [2.75, 3.05) is 17.8 Å². The average Bonchev–Trinajstić information content (AvgIpc) is 3.48. The maximum absolute atomic E-state index is 14.2. The van der Waals surface area contributed by atoms with E-state index < -0.39 is 23.5 Å². The second-order valence-corrected chi connectivity index (χ2v) is 8.89. The molecule has 4 aromatic rings. The van der Waals surface area contributed by atoms with Crippen LogP contribution in [0, 0.1) is 5.82 Å². The van der Waals surface area contributed by atoms with Gasteiger partial charge in [-0.2, -0.15) is 0 Å². The van der Waals surface area contributed by atoms with Crippen LogP contribution in [0.2, 0.25) is 0 Å². The Bertz CT molecular complexity index is 1570. The summed E-state index contributed by atoms with van der Waals surface area (Å²) < 4.78 is 25.2. The minimum atomic E-state index is -0.893. The Morgan fingerprint density at radius 2 is 1.82 bits per heavy atom. The molecule has 0 bridgehead atoms. The van der Waals surface area contributed by atoms with Gasteiger partial charge in [0.1, 0.15) is 17.3 Å². The molecule has 0 saturated carbocycles. The molecule has 1 aromatic heterocycles. The molecule has 0 unspecified atom stereocenters. The molecular formula is C27H19FN4O5S. The molecule has 0 aliphatic carbocycles. The van der Waals surface area contributed by atoms with Crippen molar-refractivity contribution in [1.29, 1.82) is 0 Å². The number of aromatic nitrogens is 2. The Morgan fingerprint density at radius 3 is 2.53 bits per heavy atom. The third-order valence-corrected chi connectivity index (χ3v) is 6.50. The quantitative estimate of drug-likeness (QED) is 0.204. The van der Waals surface area contributed by atoms with Gasteiger partial charge in [0, 0.05) is 17.7 Å². The number of para-hydroxylation sites is 1. The lowest BCUT2D eigenvalue weighted by atomic mass is 10.1. The zero-order chi connectivity index (χ0) is 26.6. The molecule has 3 aromatic carbocycles. The summed E-state index contributed by atoms with van der Waals surface area (Å²) >= 11 is 0.964. The van der Waals surface area contributed by atoms with E-state index in [0.29, 0.717) is 17.1 Å². The van der Waals surface area contributed by atoms with Crippen LogP contribution in [0.4, 0.5) is 10.1 Å². The van der Waals surface area contributed by atoms with Crippen molar-refractivity contribution in [3.05, 3.63) is 102 Å². The van der Waals surface area contributed by atoms with Gasteiger partial charge in [0.15, 0.2) is 11.1 Å². The molecule has 0 N–H and O–H groups in total. The number of thioether (sulfide) groups is 1. The minimum Gasteiger partial charge on any atom is -0.539 e. The molecule has 0 spiro atoms. The molecule has 1 aliphatic rings. The zero-order valence-electron chi connectivity index (χ0n) is 19.9. The SMILES string of the molecule is COc1ccc(-[n+]2noc([O-])c2C(=O)CSC2=N/C(=C/c3ccccc3F)C(=O)N2c2ccccc2)cc1. The fraction of sp³-hybridized carbons (Fsp3) is 0.0741. The van der Waals surface area contributed by atoms with Gasteiger partial charge in [0.25, 0.3) is 5.91 Å². The van der Waals surface area contributed by atoms with Gasteiger partial charge in [-0.3, -0.25) is 14.5 Å². The molecule has 190 valence electrons. The molecule has 38 heavy (non-hydrogen) atoms. The van der Waals surface area contributed by atoms with Gasteiger partial charge in [-0.1, -0.05) is 48.2 Å². The molecule has 0 fully saturated rings. The summed E-state index contributed by atoms with van der Waals surface area (Å²) in [6.07, 6.45) is 1.36. The summed E-state index contributed by atoms with van der Waals surface area (Å²) in [5.74, 6) is -2.09. The minimum absolute atomic E-state index is 0.0108. The van der Waals surface area contributed by atoms with Crippen molar-refractivity contribution in [2.45, 2.75) is 0 Å². The highest BCUT2D eigenvalue weighted by molar-refractivity contribution is 8.14. The number of amides is 1. The number of nitrogens with zero attached hydrogens (tertiary/aromatic N) is 4. The Kier molecular flexibility index (Phi) is 7.00. The van der Waals surface area contributed by atoms with Gasteiger partial charge in [0.05, 0.1) is 23.8 Å². The second-order valence-electron chi connectivity index (χ2n) is 7.95. The van der Waals surface area contributed by atoms with E-state index in [0.717, 1.165) is 16.4 Å². The second kappa shape index (κ2) is 10.7. The number of carbonyl (C=O) groups is 2. The van der Waals surface area contributed by atoms with Crippen molar-refractivity contribution in [3.8, 4) is 17.4 Å². The summed E-state index contributed by atoms with van der Waals surface area (Å²) in [5, 5.41) is 16.3. The Morgan fingerprint density at radius 1 is 1.11 bits per heavy atom. The molecule has 0 atom stereocenters. The molecule has 9 nitrogen and oxygen atoms in total. The van der Waals surface area contributed by atoms with Crippen molar-refractivity contribution in [3.63, 3.8) is 0 Å². The lowest BCUT2D eigenvalue weighted by Gasteiger charge is -2.17. The predicted molar refractivity (Wildman–Crippen MR) is 137 cm³/mol. The third kappa shape index (κ3) is 4.91. The van der Waals surface area contributed by atoms with Gasteiger partial charge in [0.2, 0.25) is 11.5 Å². The monoisotopic (exact) mass is 530 g/mol. The fourth-order valence-corrected chi connectivity index (χ4v) is 4.59. The largest absolute Gasteiger partial charge is 0.539 e. The first-order valence-electron chi connectivity index (χ1n) is 11.3. The number of ether oxygens (including phenoxy) is 1. The number of rotatable bonds is 7. The van der Waals surface area contributed by atoms with Crippen molar-refractivity contribution >= 4 is 40.4 Å². The highest BCUT2D eigenvalue weighted by atomic mass is 32.2. The van der Waals surface area contributed by atoms with Crippen LogP contribution in [0.25, 0.3) is 11.8 Å². The topological polar surface area (TPSA) is 112 Å². The summed E-state index contributed by atoms with van der Waals surface area (Å²) in [7, 11) is 1.52. The van der Waals surface area contributed by atoms with Crippen LogP contribution in [-0.4, -0.2) is 35.0 Å². The predicted octanol–water partition coefficient (Wildman–Crippen LogP) is 3.53. The molecule has 0 radical (unpaired) electrons. The van der Waals surface area contributed by atoms with E-state index in [1.807, 2.05) is 0 Å². The van der Waals surface area contributed by atoms with Crippen LogP contribution in [0.3, 0.4) is 0 Å². The third-order valence-electron chi connectivity index (χ3n) is 5.57. The molecular weight excluding hydrogens is 511 g/mol. The number of benzene rings is 3. The van der Waals surface area contributed by atoms with Crippen LogP contribution >= 0.6 is 11.8 Å². The highest BCUT2D eigenvalue weighted by Crippen LogP contribution is 2.30. The fourth-order valence-electron chi connectivity index (χ4n) is 3.72. The van der Waals surface area contributed by atoms with Crippen LogP contribution in [0.1, 0.15) is 16.1 Å². The van der Waals surface area contributed by atoms with Crippen LogP contribution in [0.5, 0.6) is 11.7 Å². The van der Waals surface area contributed by atoms with Gasteiger partial charge in [-0.25, -0.2) is 9.38 Å². The van der Waals surface area contributed by atoms with Crippen LogP contribution in [0.15, 0.2) is 94.1 Å². The summed E-state index contributed by atoms with van der Waals surface area (Å²) in [6, 6.07) is 21.3. The normalized spacial score (nSPS) is 14.2. The van der Waals surface area contributed by atoms with Crippen molar-refractivity contribution < 1.29 is 33.0 Å². The van der Waals surface area contributed by atoms with E-state index in [1.165, 1.54) is 30.2 Å². The summed E-state index contributed by atoms with van der Waals surface area (Å²) in [6.45, 7) is 0. The maximum Gasteiger partial charge on any atom is 0.307 e. The average molecular weight is 531 g/mol. The molecule has 5 rings (SSSR count). The number of aliphatic imine (C=N–C) groups is 1. The van der Waals surface area contributed by atoms with E-state index in [-0.39, 0.29) is 27.9 Å². The van der Waals surface area contributed by atoms with Gasteiger partial charge in [-0.15, -0.1) is 0 Å². The Balaban J connectivity index is 1.43. The van der Waals surface area contributed by atoms with Crippen LogP contribution < -0.4 is 19.4 Å². The van der Waals surface area contributed by atoms with Crippen molar-refractivity contribution in [2.24, 2.45) is 4.99 Å².